The number of aliphatic carboxylic acids is 1. The third kappa shape index (κ3) is 3.07. The topological polar surface area (TPSA) is 69.2 Å². The average molecular weight is 272 g/mol. The van der Waals surface area contributed by atoms with Crippen LogP contribution in [-0.2, 0) is 9.59 Å². The van der Waals surface area contributed by atoms with E-state index in [-0.39, 0.29) is 5.91 Å². The fourth-order valence-electron chi connectivity index (χ4n) is 2.46. The Kier molecular flexibility index (Phi) is 4.23. The van der Waals surface area contributed by atoms with E-state index in [0.29, 0.717) is 12.8 Å². The molecule has 0 saturated heterocycles. The zero-order chi connectivity index (χ0) is 14.7. The van der Waals surface area contributed by atoms with Crippen LogP contribution in [0.4, 0.5) is 5.69 Å². The Morgan fingerprint density at radius 2 is 1.80 bits per heavy atom. The Balaban J connectivity index is 2.16. The summed E-state index contributed by atoms with van der Waals surface area (Å²) >= 11 is 0. The summed E-state index contributed by atoms with van der Waals surface area (Å²) in [6, 6.07) is 5.79. The van der Waals surface area contributed by atoms with E-state index in [2.05, 4.69) is 5.32 Å². The highest BCUT2D eigenvalue weighted by Crippen LogP contribution is 2.27. The molecule has 0 saturated carbocycles. The summed E-state index contributed by atoms with van der Waals surface area (Å²) in [5, 5.41) is 14.0. The first kappa shape index (κ1) is 14.3. The van der Waals surface area contributed by atoms with Crippen LogP contribution in [0.25, 0.3) is 0 Å². The van der Waals surface area contributed by atoms with E-state index in [0.717, 1.165) is 16.8 Å². The number of carbonyl (C=O) groups excluding carboxylic acids is 2. The van der Waals surface area contributed by atoms with Gasteiger partial charge in [-0.05, 0) is 43.9 Å². The normalized spacial score (nSPS) is 21.5. The lowest BCUT2D eigenvalue weighted by atomic mass is 9.82. The summed E-state index contributed by atoms with van der Waals surface area (Å²) < 4.78 is 0. The van der Waals surface area contributed by atoms with Gasteiger partial charge >= 0.3 is 0 Å². The van der Waals surface area contributed by atoms with Crippen LogP contribution in [0.5, 0.6) is 0 Å². The van der Waals surface area contributed by atoms with Crippen molar-refractivity contribution in [2.45, 2.75) is 26.7 Å². The smallest absolute Gasteiger partial charge is 0.228 e. The van der Waals surface area contributed by atoms with Gasteiger partial charge in [0.05, 0.1) is 5.92 Å². The Hall–Kier alpha value is -2.10. The third-order valence-electron chi connectivity index (χ3n) is 3.72. The molecule has 0 radical (unpaired) electrons. The molecule has 106 valence electrons. The summed E-state index contributed by atoms with van der Waals surface area (Å²) in [6.45, 7) is 3.86. The molecule has 0 spiro atoms. The molecule has 2 atom stereocenters. The first-order chi connectivity index (χ1) is 9.49. The molecule has 1 aromatic rings. The highest BCUT2D eigenvalue weighted by molar-refractivity contribution is 5.95. The molecular weight excluding hydrogens is 254 g/mol. The molecule has 1 amide bonds. The first-order valence-corrected chi connectivity index (χ1v) is 6.73. The molecule has 4 nitrogen and oxygen atoms in total. The number of hydrogen-bond donors (Lipinski definition) is 1. The van der Waals surface area contributed by atoms with Crippen molar-refractivity contribution < 1.29 is 14.7 Å². The van der Waals surface area contributed by atoms with Gasteiger partial charge in [-0.15, -0.1) is 0 Å². The van der Waals surface area contributed by atoms with Gasteiger partial charge in [0, 0.05) is 17.6 Å². The van der Waals surface area contributed by atoms with Crippen molar-refractivity contribution in [3.05, 3.63) is 41.5 Å². The number of hydrogen-bond acceptors (Lipinski definition) is 3. The lowest BCUT2D eigenvalue weighted by Crippen LogP contribution is -2.41. The van der Waals surface area contributed by atoms with Crippen molar-refractivity contribution in [1.82, 2.24) is 0 Å². The quantitative estimate of drug-likeness (QED) is 0.849. The van der Waals surface area contributed by atoms with Crippen molar-refractivity contribution in [2.75, 3.05) is 5.32 Å². The number of benzene rings is 1. The number of allylic oxidation sites excluding steroid dienone is 2. The number of carbonyl (C=O) groups is 2. The summed E-state index contributed by atoms with van der Waals surface area (Å²) in [4.78, 5) is 23.4. The number of nitrogens with one attached hydrogen (secondary N) is 1. The SMILES string of the molecule is Cc1ccc(C)c(NC(=O)[C@@H]2CC=CC[C@H]2C(=O)[O-])c1. The van der Waals surface area contributed by atoms with E-state index < -0.39 is 17.8 Å². The molecule has 0 bridgehead atoms. The second-order valence-corrected chi connectivity index (χ2v) is 5.28. The number of carboxylic acid groups (broad SMARTS) is 1. The summed E-state index contributed by atoms with van der Waals surface area (Å²) in [7, 11) is 0. The number of amides is 1. The van der Waals surface area contributed by atoms with Crippen LogP contribution in [0, 0.1) is 25.7 Å². The number of rotatable bonds is 3. The standard InChI is InChI=1S/C16H19NO3/c1-10-7-8-11(2)14(9-10)17-15(18)12-5-3-4-6-13(12)16(19)20/h3-4,7-9,12-13H,5-6H2,1-2H3,(H,17,18)(H,19,20)/p-1/t12-,13-/m1/s1. The van der Waals surface area contributed by atoms with Gasteiger partial charge in [-0.25, -0.2) is 0 Å². The summed E-state index contributed by atoms with van der Waals surface area (Å²) in [6.07, 6.45) is 4.44. The zero-order valence-electron chi connectivity index (χ0n) is 11.7. The molecule has 0 unspecified atom stereocenters. The Morgan fingerprint density at radius 3 is 2.45 bits per heavy atom. The fraction of sp³-hybridized carbons (Fsp3) is 0.375. The molecule has 1 aliphatic carbocycles. The largest absolute Gasteiger partial charge is 0.550 e. The Bertz CT molecular complexity index is 563. The van der Waals surface area contributed by atoms with Crippen LogP contribution in [0.3, 0.4) is 0 Å². The van der Waals surface area contributed by atoms with Gasteiger partial charge in [0.2, 0.25) is 5.91 Å². The van der Waals surface area contributed by atoms with E-state index in [1.807, 2.05) is 38.1 Å². The fourth-order valence-corrected chi connectivity index (χ4v) is 2.46. The molecule has 4 heteroatoms. The van der Waals surface area contributed by atoms with Crippen molar-refractivity contribution >= 4 is 17.6 Å². The van der Waals surface area contributed by atoms with Crippen molar-refractivity contribution in [2.24, 2.45) is 11.8 Å². The van der Waals surface area contributed by atoms with Gasteiger partial charge in [-0.1, -0.05) is 24.3 Å². The first-order valence-electron chi connectivity index (χ1n) is 6.73. The minimum atomic E-state index is -1.16. The van der Waals surface area contributed by atoms with E-state index in [1.165, 1.54) is 0 Å². The highest BCUT2D eigenvalue weighted by atomic mass is 16.4. The van der Waals surface area contributed by atoms with Gasteiger partial charge in [0.25, 0.3) is 0 Å². The molecule has 0 fully saturated rings. The van der Waals surface area contributed by atoms with Crippen LogP contribution < -0.4 is 10.4 Å². The predicted molar refractivity (Wildman–Crippen MR) is 74.9 cm³/mol. The average Bonchev–Trinajstić information content (AvgIpc) is 2.42. The van der Waals surface area contributed by atoms with Crippen LogP contribution in [0.2, 0.25) is 0 Å². The van der Waals surface area contributed by atoms with Gasteiger partial charge in [0.1, 0.15) is 0 Å². The predicted octanol–water partition coefficient (Wildman–Crippen LogP) is 1.57. The van der Waals surface area contributed by atoms with E-state index in [1.54, 1.807) is 6.08 Å². The molecule has 0 aliphatic heterocycles. The van der Waals surface area contributed by atoms with Crippen LogP contribution in [0.15, 0.2) is 30.4 Å². The monoisotopic (exact) mass is 272 g/mol. The van der Waals surface area contributed by atoms with Crippen molar-refractivity contribution in [3.8, 4) is 0 Å². The minimum Gasteiger partial charge on any atom is -0.550 e. The van der Waals surface area contributed by atoms with Gasteiger partial charge in [-0.3, -0.25) is 4.79 Å². The summed E-state index contributed by atoms with van der Waals surface area (Å²) in [5.74, 6) is -2.72. The lowest BCUT2D eigenvalue weighted by Gasteiger charge is -2.28. The van der Waals surface area contributed by atoms with Crippen molar-refractivity contribution in [3.63, 3.8) is 0 Å². The Labute approximate surface area is 118 Å². The van der Waals surface area contributed by atoms with Crippen LogP contribution >= 0.6 is 0 Å². The molecule has 1 aromatic carbocycles. The van der Waals surface area contributed by atoms with Gasteiger partial charge < -0.3 is 15.2 Å². The van der Waals surface area contributed by atoms with E-state index >= 15 is 0 Å². The van der Waals surface area contributed by atoms with E-state index in [9.17, 15) is 14.7 Å². The maximum absolute atomic E-state index is 12.3. The maximum Gasteiger partial charge on any atom is 0.228 e. The number of carboxylic acids is 1. The number of anilines is 1. The van der Waals surface area contributed by atoms with Gasteiger partial charge in [0.15, 0.2) is 0 Å². The summed E-state index contributed by atoms with van der Waals surface area (Å²) in [5.41, 5.74) is 2.74. The number of aryl methyl sites for hydroxylation is 2. The third-order valence-corrected chi connectivity index (χ3v) is 3.72. The van der Waals surface area contributed by atoms with Crippen molar-refractivity contribution in [1.29, 1.82) is 0 Å². The molecule has 1 N–H and O–H groups in total. The Morgan fingerprint density at radius 1 is 1.15 bits per heavy atom. The van der Waals surface area contributed by atoms with Crippen LogP contribution in [-0.4, -0.2) is 11.9 Å². The highest BCUT2D eigenvalue weighted by Gasteiger charge is 2.29. The molecular formula is C16H18NO3-. The molecule has 0 aromatic heterocycles. The molecule has 2 rings (SSSR count). The maximum atomic E-state index is 12.3. The lowest BCUT2D eigenvalue weighted by molar-refractivity contribution is -0.313. The van der Waals surface area contributed by atoms with Gasteiger partial charge in [-0.2, -0.15) is 0 Å². The van der Waals surface area contributed by atoms with E-state index in [4.69, 9.17) is 0 Å². The molecule has 1 aliphatic rings. The van der Waals surface area contributed by atoms with Crippen LogP contribution in [0.1, 0.15) is 24.0 Å². The molecule has 0 heterocycles. The zero-order valence-corrected chi connectivity index (χ0v) is 11.7. The second-order valence-electron chi connectivity index (χ2n) is 5.28. The molecule has 20 heavy (non-hydrogen) atoms. The second kappa shape index (κ2) is 5.90. The minimum absolute atomic E-state index is 0.253.